The second kappa shape index (κ2) is 5.05. The van der Waals surface area contributed by atoms with Crippen molar-refractivity contribution >= 4 is 32.9 Å². The highest BCUT2D eigenvalue weighted by atomic mass is 35.5. The normalized spacial score (nSPS) is 13.4. The van der Waals surface area contributed by atoms with Gasteiger partial charge in [0.05, 0.1) is 17.1 Å². The van der Waals surface area contributed by atoms with Gasteiger partial charge in [0.15, 0.2) is 5.82 Å². The topological polar surface area (TPSA) is 98.0 Å². The van der Waals surface area contributed by atoms with Gasteiger partial charge in [-0.1, -0.05) is 0 Å². The molecule has 1 rings (SSSR count). The molecule has 1 unspecified atom stereocenters. The van der Waals surface area contributed by atoms with Crippen LogP contribution in [-0.4, -0.2) is 36.4 Å². The van der Waals surface area contributed by atoms with Crippen LogP contribution in [-0.2, 0) is 9.84 Å². The number of nitrogen functional groups attached to an aromatic ring is 1. The van der Waals surface area contributed by atoms with Crippen molar-refractivity contribution in [2.45, 2.75) is 19.9 Å². The highest BCUT2D eigenvalue weighted by Crippen LogP contribution is 2.21. The van der Waals surface area contributed by atoms with Crippen LogP contribution in [0.15, 0.2) is 0 Å². The molecule has 0 aliphatic heterocycles. The Labute approximate surface area is 106 Å². The van der Waals surface area contributed by atoms with Crippen LogP contribution in [0.5, 0.6) is 0 Å². The van der Waals surface area contributed by atoms with Crippen LogP contribution in [0.25, 0.3) is 0 Å². The van der Waals surface area contributed by atoms with E-state index in [0.29, 0.717) is 17.2 Å². The molecule has 1 aromatic rings. The van der Waals surface area contributed by atoms with E-state index in [1.165, 1.54) is 6.26 Å². The molecule has 0 radical (unpaired) electrons. The van der Waals surface area contributed by atoms with Gasteiger partial charge < -0.3 is 11.1 Å². The standard InChI is InChI=1S/C9H15ClN4O2S/c1-5(4-17(3,15)16)12-8-7(11)6(2)13-9(10)14-8/h5H,4,11H2,1-3H3,(H,12,13,14). The lowest BCUT2D eigenvalue weighted by Gasteiger charge is -2.15. The van der Waals surface area contributed by atoms with Crippen LogP contribution < -0.4 is 11.1 Å². The monoisotopic (exact) mass is 278 g/mol. The Hall–Kier alpha value is -1.08. The van der Waals surface area contributed by atoms with Gasteiger partial charge in [-0.3, -0.25) is 0 Å². The fourth-order valence-corrected chi connectivity index (χ4v) is 2.59. The Morgan fingerprint density at radius 3 is 2.59 bits per heavy atom. The minimum absolute atomic E-state index is 0.00684. The molecule has 0 amide bonds. The maximum absolute atomic E-state index is 11.1. The van der Waals surface area contributed by atoms with E-state index in [4.69, 9.17) is 17.3 Å². The molecular weight excluding hydrogens is 264 g/mol. The number of hydrogen-bond acceptors (Lipinski definition) is 6. The SMILES string of the molecule is Cc1nc(Cl)nc(NC(C)CS(C)(=O)=O)c1N. The molecule has 17 heavy (non-hydrogen) atoms. The first kappa shape index (κ1) is 14.0. The van der Waals surface area contributed by atoms with E-state index >= 15 is 0 Å². The van der Waals surface area contributed by atoms with Crippen molar-refractivity contribution in [1.29, 1.82) is 0 Å². The smallest absolute Gasteiger partial charge is 0.224 e. The van der Waals surface area contributed by atoms with E-state index in [0.717, 1.165) is 0 Å². The molecule has 0 bridgehead atoms. The van der Waals surface area contributed by atoms with E-state index in [2.05, 4.69) is 15.3 Å². The quantitative estimate of drug-likeness (QED) is 0.793. The van der Waals surface area contributed by atoms with E-state index in [-0.39, 0.29) is 17.1 Å². The summed E-state index contributed by atoms with van der Waals surface area (Å²) in [6.45, 7) is 3.43. The van der Waals surface area contributed by atoms with Gasteiger partial charge >= 0.3 is 0 Å². The van der Waals surface area contributed by atoms with Gasteiger partial charge in [-0.2, -0.15) is 4.98 Å². The molecular formula is C9H15ClN4O2S. The lowest BCUT2D eigenvalue weighted by atomic mass is 10.3. The third-order valence-corrected chi connectivity index (χ3v) is 3.32. The number of sulfone groups is 1. The summed E-state index contributed by atoms with van der Waals surface area (Å²) in [5, 5.41) is 2.98. The fourth-order valence-electron chi connectivity index (χ4n) is 1.39. The number of anilines is 2. The summed E-state index contributed by atoms with van der Waals surface area (Å²) in [6, 6.07) is -0.308. The highest BCUT2D eigenvalue weighted by Gasteiger charge is 2.14. The molecule has 96 valence electrons. The lowest BCUT2D eigenvalue weighted by Crippen LogP contribution is -2.26. The minimum atomic E-state index is -3.06. The predicted octanol–water partition coefficient (Wildman–Crippen LogP) is 0.866. The molecule has 1 atom stereocenters. The number of halogens is 1. The number of nitrogens with two attached hydrogens (primary N) is 1. The summed E-state index contributed by atoms with van der Waals surface area (Å²) in [5.74, 6) is 0.353. The first-order valence-corrected chi connectivity index (χ1v) is 7.37. The summed E-state index contributed by atoms with van der Waals surface area (Å²) >= 11 is 5.70. The van der Waals surface area contributed by atoms with Crippen LogP contribution in [0.3, 0.4) is 0 Å². The maximum atomic E-state index is 11.1. The molecule has 8 heteroatoms. The Bertz CT molecular complexity index is 518. The average Bonchev–Trinajstić information content (AvgIpc) is 2.10. The molecule has 0 aromatic carbocycles. The van der Waals surface area contributed by atoms with Crippen molar-refractivity contribution in [2.24, 2.45) is 0 Å². The van der Waals surface area contributed by atoms with Crippen LogP contribution in [0.1, 0.15) is 12.6 Å². The van der Waals surface area contributed by atoms with Gasteiger partial charge in [-0.25, -0.2) is 13.4 Å². The number of aromatic nitrogens is 2. The minimum Gasteiger partial charge on any atom is -0.394 e. The Kier molecular flexibility index (Phi) is 4.16. The van der Waals surface area contributed by atoms with Crippen molar-refractivity contribution in [2.75, 3.05) is 23.1 Å². The summed E-state index contributed by atoms with van der Waals surface area (Å²) in [6.07, 6.45) is 1.17. The predicted molar refractivity (Wildman–Crippen MR) is 69.0 cm³/mol. The average molecular weight is 279 g/mol. The molecule has 6 nitrogen and oxygen atoms in total. The number of rotatable bonds is 4. The molecule has 1 aromatic heterocycles. The fraction of sp³-hybridized carbons (Fsp3) is 0.556. The third-order valence-electron chi connectivity index (χ3n) is 2.04. The van der Waals surface area contributed by atoms with Gasteiger partial charge in [0.25, 0.3) is 0 Å². The lowest BCUT2D eigenvalue weighted by molar-refractivity contribution is 0.598. The van der Waals surface area contributed by atoms with E-state index in [1.807, 2.05) is 0 Å². The first-order valence-electron chi connectivity index (χ1n) is 4.93. The van der Waals surface area contributed by atoms with Crippen LogP contribution in [0.4, 0.5) is 11.5 Å². The maximum Gasteiger partial charge on any atom is 0.224 e. The van der Waals surface area contributed by atoms with Gasteiger partial charge in [0.2, 0.25) is 5.28 Å². The summed E-state index contributed by atoms with van der Waals surface area (Å²) in [5.41, 5.74) is 6.69. The number of nitrogens with zero attached hydrogens (tertiary/aromatic N) is 2. The second-order valence-electron chi connectivity index (χ2n) is 3.98. The number of aryl methyl sites for hydroxylation is 1. The molecule has 0 spiro atoms. The van der Waals surface area contributed by atoms with Gasteiger partial charge in [-0.15, -0.1) is 0 Å². The van der Waals surface area contributed by atoms with Gasteiger partial charge in [0, 0.05) is 12.3 Å². The summed E-state index contributed by atoms with van der Waals surface area (Å²) in [4.78, 5) is 7.81. The summed E-state index contributed by atoms with van der Waals surface area (Å²) in [7, 11) is -3.06. The van der Waals surface area contributed by atoms with Crippen molar-refractivity contribution < 1.29 is 8.42 Å². The Morgan fingerprint density at radius 2 is 2.06 bits per heavy atom. The van der Waals surface area contributed by atoms with Crippen LogP contribution >= 0.6 is 11.6 Å². The van der Waals surface area contributed by atoms with Crippen molar-refractivity contribution in [1.82, 2.24) is 9.97 Å². The summed E-state index contributed by atoms with van der Waals surface area (Å²) < 4.78 is 22.2. The highest BCUT2D eigenvalue weighted by molar-refractivity contribution is 7.90. The van der Waals surface area contributed by atoms with Crippen LogP contribution in [0.2, 0.25) is 5.28 Å². The van der Waals surface area contributed by atoms with Crippen molar-refractivity contribution in [3.63, 3.8) is 0 Å². The zero-order chi connectivity index (χ0) is 13.2. The van der Waals surface area contributed by atoms with E-state index in [1.54, 1.807) is 13.8 Å². The van der Waals surface area contributed by atoms with E-state index < -0.39 is 9.84 Å². The second-order valence-corrected chi connectivity index (χ2v) is 6.50. The van der Waals surface area contributed by atoms with Crippen molar-refractivity contribution in [3.05, 3.63) is 11.0 Å². The zero-order valence-corrected chi connectivity index (χ0v) is 11.4. The number of nitrogens with one attached hydrogen (secondary N) is 1. The van der Waals surface area contributed by atoms with E-state index in [9.17, 15) is 8.42 Å². The molecule has 0 aliphatic rings. The third kappa shape index (κ3) is 4.35. The molecule has 3 N–H and O–H groups in total. The number of hydrogen-bond donors (Lipinski definition) is 2. The Morgan fingerprint density at radius 1 is 1.47 bits per heavy atom. The molecule has 1 heterocycles. The first-order chi connectivity index (χ1) is 7.69. The molecule has 0 saturated heterocycles. The largest absolute Gasteiger partial charge is 0.394 e. The van der Waals surface area contributed by atoms with Crippen LogP contribution in [0, 0.1) is 6.92 Å². The molecule has 0 aliphatic carbocycles. The zero-order valence-electron chi connectivity index (χ0n) is 9.86. The molecule has 0 fully saturated rings. The van der Waals surface area contributed by atoms with Gasteiger partial charge in [-0.05, 0) is 25.4 Å². The van der Waals surface area contributed by atoms with Crippen molar-refractivity contribution in [3.8, 4) is 0 Å². The Balaban J connectivity index is 2.89. The van der Waals surface area contributed by atoms with Gasteiger partial charge in [0.1, 0.15) is 9.84 Å². The molecule has 0 saturated carbocycles.